The third-order valence-corrected chi connectivity index (χ3v) is 6.61. The molecule has 0 unspecified atom stereocenters. The molecule has 3 aromatic carbocycles. The maximum Gasteiger partial charge on any atom is 0.416 e. The van der Waals surface area contributed by atoms with E-state index in [9.17, 15) is 22.8 Å². The summed E-state index contributed by atoms with van der Waals surface area (Å²) >= 11 is 3.38. The number of hydrogen-bond donors (Lipinski definition) is 2. The lowest BCUT2D eigenvalue weighted by Gasteiger charge is -2.35. The van der Waals surface area contributed by atoms with E-state index >= 15 is 0 Å². The number of hydrogen-bond acceptors (Lipinski definition) is 3. The second-order valence-corrected chi connectivity index (χ2v) is 9.56. The number of alkyl halides is 3. The van der Waals surface area contributed by atoms with Gasteiger partial charge in [-0.05, 0) is 60.9 Å². The van der Waals surface area contributed by atoms with E-state index in [-0.39, 0.29) is 24.4 Å². The van der Waals surface area contributed by atoms with Crippen molar-refractivity contribution < 1.29 is 22.8 Å². The van der Waals surface area contributed by atoms with Gasteiger partial charge >= 0.3 is 6.18 Å². The second kappa shape index (κ2) is 11.2. The summed E-state index contributed by atoms with van der Waals surface area (Å²) in [7, 11) is 0. The largest absolute Gasteiger partial charge is 0.416 e. The molecule has 4 rings (SSSR count). The van der Waals surface area contributed by atoms with Crippen LogP contribution in [0.25, 0.3) is 0 Å². The lowest BCUT2D eigenvalue weighted by molar-refractivity contribution is -0.137. The Balaban J connectivity index is 1.36. The Labute approximate surface area is 215 Å². The molecule has 9 heteroatoms. The van der Waals surface area contributed by atoms with Crippen LogP contribution in [0.3, 0.4) is 0 Å². The summed E-state index contributed by atoms with van der Waals surface area (Å²) in [5.74, 6) is -0.475. The van der Waals surface area contributed by atoms with Gasteiger partial charge in [0.1, 0.15) is 0 Å². The predicted molar refractivity (Wildman–Crippen MR) is 136 cm³/mol. The molecule has 36 heavy (non-hydrogen) atoms. The minimum atomic E-state index is -4.43. The van der Waals surface area contributed by atoms with Crippen LogP contribution in [0, 0.1) is 0 Å². The molecule has 1 saturated heterocycles. The molecule has 5 nitrogen and oxygen atoms in total. The van der Waals surface area contributed by atoms with Gasteiger partial charge in [0.25, 0.3) is 11.8 Å². The van der Waals surface area contributed by atoms with Crippen molar-refractivity contribution >= 4 is 33.4 Å². The van der Waals surface area contributed by atoms with Gasteiger partial charge in [-0.2, -0.15) is 13.2 Å². The van der Waals surface area contributed by atoms with Crippen LogP contribution in [-0.2, 0) is 12.7 Å². The summed E-state index contributed by atoms with van der Waals surface area (Å²) in [6.07, 6.45) is -2.99. The lowest BCUT2D eigenvalue weighted by Crippen LogP contribution is -2.45. The molecule has 3 aromatic rings. The van der Waals surface area contributed by atoms with E-state index in [1.54, 1.807) is 30.3 Å². The number of carbonyl (C=O) groups excluding carboxylic acids is 2. The molecule has 0 aromatic heterocycles. The van der Waals surface area contributed by atoms with Crippen molar-refractivity contribution in [3.63, 3.8) is 0 Å². The summed E-state index contributed by atoms with van der Waals surface area (Å²) in [6.45, 7) is 1.30. The van der Waals surface area contributed by atoms with Crippen LogP contribution in [-0.4, -0.2) is 30.9 Å². The van der Waals surface area contributed by atoms with Gasteiger partial charge in [-0.15, -0.1) is 0 Å². The van der Waals surface area contributed by atoms with Crippen LogP contribution in [0.2, 0.25) is 0 Å². The summed E-state index contributed by atoms with van der Waals surface area (Å²) < 4.78 is 39.8. The van der Waals surface area contributed by atoms with Gasteiger partial charge in [0, 0.05) is 41.4 Å². The number of nitrogens with one attached hydrogen (secondary N) is 2. The van der Waals surface area contributed by atoms with E-state index in [1.807, 2.05) is 24.3 Å². The molecule has 0 spiro atoms. The molecule has 0 atom stereocenters. The van der Waals surface area contributed by atoms with Crippen LogP contribution in [0.5, 0.6) is 0 Å². The fraction of sp³-hybridized carbons (Fsp3) is 0.259. The normalized spacial score (nSPS) is 14.4. The van der Waals surface area contributed by atoms with Crippen LogP contribution in [0.15, 0.2) is 77.3 Å². The highest BCUT2D eigenvalue weighted by atomic mass is 79.9. The number of benzene rings is 3. The second-order valence-electron chi connectivity index (χ2n) is 8.64. The summed E-state index contributed by atoms with van der Waals surface area (Å²) in [6, 6.07) is 19.3. The highest BCUT2D eigenvalue weighted by Crippen LogP contribution is 2.30. The average molecular weight is 560 g/mol. The van der Waals surface area contributed by atoms with Crippen molar-refractivity contribution in [2.75, 3.05) is 18.0 Å². The lowest BCUT2D eigenvalue weighted by atomic mass is 10.0. The monoisotopic (exact) mass is 559 g/mol. The Bertz CT molecular complexity index is 1240. The summed E-state index contributed by atoms with van der Waals surface area (Å²) in [4.78, 5) is 27.6. The molecular weight excluding hydrogens is 535 g/mol. The van der Waals surface area contributed by atoms with Gasteiger partial charge in [-0.25, -0.2) is 0 Å². The zero-order valence-electron chi connectivity index (χ0n) is 19.3. The quantitative estimate of drug-likeness (QED) is 0.401. The predicted octanol–water partition coefficient (Wildman–Crippen LogP) is 5.80. The van der Waals surface area contributed by atoms with E-state index in [0.29, 0.717) is 29.8 Å². The molecule has 1 heterocycles. The molecule has 188 valence electrons. The van der Waals surface area contributed by atoms with Gasteiger partial charge in [0.05, 0.1) is 11.1 Å². The highest BCUT2D eigenvalue weighted by molar-refractivity contribution is 9.10. The standard InChI is InChI=1S/C27H25BrF3N3O2/c28-21-8-4-6-19(16-21)25(35)33-22-11-13-34(14-12-22)24-10-2-1-9-23(24)26(36)32-17-18-5-3-7-20(15-18)27(29,30)31/h1-10,15-16,22H,11-14,17H2,(H,32,36)(H,33,35). The minimum Gasteiger partial charge on any atom is -0.371 e. The van der Waals surface area contributed by atoms with Crippen LogP contribution < -0.4 is 15.5 Å². The first-order chi connectivity index (χ1) is 17.2. The van der Waals surface area contributed by atoms with E-state index in [2.05, 4.69) is 31.5 Å². The number of piperidine rings is 1. The van der Waals surface area contributed by atoms with Gasteiger partial charge in [0.2, 0.25) is 0 Å². The van der Waals surface area contributed by atoms with Crippen LogP contribution >= 0.6 is 15.9 Å². The maximum atomic E-state index is 13.0. The van der Waals surface area contributed by atoms with Crippen molar-refractivity contribution in [1.82, 2.24) is 10.6 Å². The summed E-state index contributed by atoms with van der Waals surface area (Å²) in [5, 5.41) is 5.82. The SMILES string of the molecule is O=C(NC1CCN(c2ccccc2C(=O)NCc2cccc(C(F)(F)F)c2)CC1)c1cccc(Br)c1. The maximum absolute atomic E-state index is 13.0. The Hall–Kier alpha value is -3.33. The Morgan fingerprint density at radius 2 is 1.64 bits per heavy atom. The Morgan fingerprint density at radius 1 is 0.917 bits per heavy atom. The molecule has 1 fully saturated rings. The Morgan fingerprint density at radius 3 is 2.36 bits per heavy atom. The first kappa shape index (κ1) is 25.8. The van der Waals surface area contributed by atoms with Crippen molar-refractivity contribution in [3.05, 3.63) is 99.5 Å². The zero-order valence-corrected chi connectivity index (χ0v) is 20.9. The number of para-hydroxylation sites is 1. The number of amides is 2. The van der Waals surface area contributed by atoms with E-state index < -0.39 is 11.7 Å². The molecule has 2 amide bonds. The fourth-order valence-corrected chi connectivity index (χ4v) is 4.64. The first-order valence-corrected chi connectivity index (χ1v) is 12.3. The van der Waals surface area contributed by atoms with Crippen LogP contribution in [0.1, 0.15) is 44.7 Å². The van der Waals surface area contributed by atoms with Gasteiger partial charge in [-0.1, -0.05) is 46.3 Å². The molecule has 1 aliphatic rings. The molecule has 0 saturated carbocycles. The third-order valence-electron chi connectivity index (χ3n) is 6.11. The van der Waals surface area contributed by atoms with Gasteiger partial charge < -0.3 is 15.5 Å². The molecule has 0 radical (unpaired) electrons. The highest BCUT2D eigenvalue weighted by Gasteiger charge is 2.30. The van der Waals surface area contributed by atoms with Crippen LogP contribution in [0.4, 0.5) is 18.9 Å². The number of nitrogens with zero attached hydrogens (tertiary/aromatic N) is 1. The van der Waals surface area contributed by atoms with Crippen molar-refractivity contribution in [1.29, 1.82) is 0 Å². The van der Waals surface area contributed by atoms with Crippen molar-refractivity contribution in [2.24, 2.45) is 0 Å². The van der Waals surface area contributed by atoms with E-state index in [1.165, 1.54) is 6.07 Å². The van der Waals surface area contributed by atoms with E-state index in [0.717, 1.165) is 35.1 Å². The summed E-state index contributed by atoms with van der Waals surface area (Å²) in [5.41, 5.74) is 1.44. The van der Waals surface area contributed by atoms with Crippen molar-refractivity contribution in [3.8, 4) is 0 Å². The average Bonchev–Trinajstić information content (AvgIpc) is 2.87. The van der Waals surface area contributed by atoms with Gasteiger partial charge in [-0.3, -0.25) is 9.59 Å². The number of anilines is 1. The molecule has 0 bridgehead atoms. The first-order valence-electron chi connectivity index (χ1n) is 11.6. The Kier molecular flexibility index (Phi) is 7.98. The third kappa shape index (κ3) is 6.46. The van der Waals surface area contributed by atoms with Gasteiger partial charge in [0.15, 0.2) is 0 Å². The minimum absolute atomic E-state index is 0.0131. The molecule has 2 N–H and O–H groups in total. The molecular formula is C27H25BrF3N3O2. The van der Waals surface area contributed by atoms with E-state index in [4.69, 9.17) is 0 Å². The smallest absolute Gasteiger partial charge is 0.371 e. The number of rotatable bonds is 6. The molecule has 0 aliphatic carbocycles. The topological polar surface area (TPSA) is 61.4 Å². The van der Waals surface area contributed by atoms with Crippen molar-refractivity contribution in [2.45, 2.75) is 31.6 Å². The fourth-order valence-electron chi connectivity index (χ4n) is 4.24. The zero-order chi connectivity index (χ0) is 25.7. The number of halogens is 4. The molecule has 1 aliphatic heterocycles. The number of carbonyl (C=O) groups is 2.